The molecular formula is C19H15N5O3. The maximum atomic E-state index is 12.5. The van der Waals surface area contributed by atoms with Crippen molar-refractivity contribution in [2.24, 2.45) is 12.8 Å². The van der Waals surface area contributed by atoms with E-state index in [0.717, 1.165) is 11.1 Å². The second kappa shape index (κ2) is 6.41. The lowest BCUT2D eigenvalue weighted by Crippen LogP contribution is -2.16. The molecule has 0 aliphatic carbocycles. The Balaban J connectivity index is 1.63. The minimum Gasteiger partial charge on any atom is -0.410 e. The van der Waals surface area contributed by atoms with E-state index in [9.17, 15) is 9.59 Å². The molecule has 0 fully saturated rings. The minimum atomic E-state index is -0.873. The molecule has 0 saturated heterocycles. The Morgan fingerprint density at radius 3 is 2.59 bits per heavy atom. The number of carbonyl (C=O) groups excluding carboxylic acids is 2. The number of aromatic amines is 1. The van der Waals surface area contributed by atoms with Crippen LogP contribution in [-0.2, 0) is 7.05 Å². The Morgan fingerprint density at radius 2 is 1.93 bits per heavy atom. The number of nitrogens with zero attached hydrogens (tertiary/aromatic N) is 3. The van der Waals surface area contributed by atoms with Crippen LogP contribution >= 0.6 is 0 Å². The van der Waals surface area contributed by atoms with Crippen LogP contribution in [0.4, 0.5) is 4.79 Å². The van der Waals surface area contributed by atoms with E-state index < -0.39 is 6.09 Å². The van der Waals surface area contributed by atoms with Crippen molar-refractivity contribution in [1.29, 1.82) is 0 Å². The SMILES string of the molecule is Cn1ccnc1C(=O)c1ccc(-c2nc3ccc(OC(N)=O)cc3[nH]2)cc1. The van der Waals surface area contributed by atoms with Crippen molar-refractivity contribution in [3.8, 4) is 17.1 Å². The highest BCUT2D eigenvalue weighted by molar-refractivity contribution is 6.06. The van der Waals surface area contributed by atoms with Crippen LogP contribution in [0.1, 0.15) is 16.2 Å². The van der Waals surface area contributed by atoms with Gasteiger partial charge in [0.25, 0.3) is 0 Å². The lowest BCUT2D eigenvalue weighted by Gasteiger charge is -2.02. The molecule has 4 rings (SSSR count). The van der Waals surface area contributed by atoms with E-state index in [1.807, 2.05) is 12.1 Å². The van der Waals surface area contributed by atoms with E-state index in [4.69, 9.17) is 10.5 Å². The Hall–Kier alpha value is -3.94. The number of amides is 1. The van der Waals surface area contributed by atoms with Crippen LogP contribution in [0.3, 0.4) is 0 Å². The number of nitrogens with one attached hydrogen (secondary N) is 1. The molecule has 0 unspecified atom stereocenters. The van der Waals surface area contributed by atoms with Crippen LogP contribution in [0.25, 0.3) is 22.4 Å². The Labute approximate surface area is 153 Å². The van der Waals surface area contributed by atoms with Crippen LogP contribution < -0.4 is 10.5 Å². The van der Waals surface area contributed by atoms with Crippen molar-refractivity contribution in [2.45, 2.75) is 0 Å². The van der Waals surface area contributed by atoms with E-state index in [1.165, 1.54) is 0 Å². The third kappa shape index (κ3) is 3.15. The van der Waals surface area contributed by atoms with Crippen molar-refractivity contribution in [1.82, 2.24) is 19.5 Å². The van der Waals surface area contributed by atoms with Gasteiger partial charge < -0.3 is 20.0 Å². The molecule has 0 radical (unpaired) electrons. The van der Waals surface area contributed by atoms with Gasteiger partial charge in [0.2, 0.25) is 5.78 Å². The first-order valence-electron chi connectivity index (χ1n) is 8.11. The molecule has 0 spiro atoms. The lowest BCUT2D eigenvalue weighted by molar-refractivity contribution is 0.102. The number of hydrogen-bond donors (Lipinski definition) is 2. The standard InChI is InChI=1S/C19H15N5O3/c1-24-9-8-21-18(24)16(25)11-2-4-12(5-3-11)17-22-14-7-6-13(27-19(20)26)10-15(14)23-17/h2-10H,1H3,(H2,20,26)(H,22,23). The fourth-order valence-corrected chi connectivity index (χ4v) is 2.80. The summed E-state index contributed by atoms with van der Waals surface area (Å²) in [5.74, 6) is 1.21. The molecule has 2 aromatic heterocycles. The maximum absolute atomic E-state index is 12.5. The number of rotatable bonds is 4. The van der Waals surface area contributed by atoms with E-state index >= 15 is 0 Å². The minimum absolute atomic E-state index is 0.146. The fraction of sp³-hybridized carbons (Fsp3) is 0.0526. The number of aromatic nitrogens is 4. The molecule has 8 nitrogen and oxygen atoms in total. The van der Waals surface area contributed by atoms with Gasteiger partial charge in [-0.15, -0.1) is 0 Å². The highest BCUT2D eigenvalue weighted by atomic mass is 16.5. The van der Waals surface area contributed by atoms with Crippen molar-refractivity contribution in [3.05, 3.63) is 66.2 Å². The van der Waals surface area contributed by atoms with Gasteiger partial charge in [-0.25, -0.2) is 14.8 Å². The first-order chi connectivity index (χ1) is 13.0. The third-order valence-corrected chi connectivity index (χ3v) is 4.12. The summed E-state index contributed by atoms with van der Waals surface area (Å²) in [4.78, 5) is 35.1. The zero-order chi connectivity index (χ0) is 19.0. The second-order valence-corrected chi connectivity index (χ2v) is 5.95. The summed E-state index contributed by atoms with van der Waals surface area (Å²) in [7, 11) is 1.78. The van der Waals surface area contributed by atoms with Gasteiger partial charge in [-0.05, 0) is 12.1 Å². The Kier molecular flexibility index (Phi) is 3.92. The number of primary amides is 1. The second-order valence-electron chi connectivity index (χ2n) is 5.95. The van der Waals surface area contributed by atoms with Gasteiger partial charge in [0.1, 0.15) is 11.6 Å². The predicted molar refractivity (Wildman–Crippen MR) is 98.4 cm³/mol. The molecule has 134 valence electrons. The maximum Gasteiger partial charge on any atom is 0.409 e. The predicted octanol–water partition coefficient (Wildman–Crippen LogP) is 2.65. The summed E-state index contributed by atoms with van der Waals surface area (Å²) in [6.07, 6.45) is 2.44. The van der Waals surface area contributed by atoms with Crippen molar-refractivity contribution < 1.29 is 14.3 Å². The van der Waals surface area contributed by atoms with Crippen molar-refractivity contribution >= 4 is 22.9 Å². The number of ether oxygens (including phenoxy) is 1. The molecule has 0 atom stereocenters. The van der Waals surface area contributed by atoms with Crippen LogP contribution in [0.5, 0.6) is 5.75 Å². The number of imidazole rings is 2. The number of benzene rings is 2. The largest absolute Gasteiger partial charge is 0.410 e. The van der Waals surface area contributed by atoms with Crippen LogP contribution in [0, 0.1) is 0 Å². The Morgan fingerprint density at radius 1 is 1.15 bits per heavy atom. The van der Waals surface area contributed by atoms with E-state index in [1.54, 1.807) is 54.3 Å². The summed E-state index contributed by atoms with van der Waals surface area (Å²) in [6.45, 7) is 0. The number of nitrogens with two attached hydrogens (primary N) is 1. The number of carbonyl (C=O) groups is 2. The molecule has 1 amide bonds. The first kappa shape index (κ1) is 16.5. The van der Waals surface area contributed by atoms with Gasteiger partial charge in [0.15, 0.2) is 5.82 Å². The van der Waals surface area contributed by atoms with Crippen LogP contribution in [-0.4, -0.2) is 31.4 Å². The topological polar surface area (TPSA) is 116 Å². The molecule has 2 heterocycles. The molecule has 2 aromatic carbocycles. The van der Waals surface area contributed by atoms with Crippen LogP contribution in [0.2, 0.25) is 0 Å². The zero-order valence-electron chi connectivity index (χ0n) is 14.3. The van der Waals surface area contributed by atoms with E-state index in [2.05, 4.69) is 15.0 Å². The molecule has 4 aromatic rings. The number of fused-ring (bicyclic) bond motifs is 1. The first-order valence-corrected chi connectivity index (χ1v) is 8.11. The van der Waals surface area contributed by atoms with Gasteiger partial charge >= 0.3 is 6.09 Å². The highest BCUT2D eigenvalue weighted by Gasteiger charge is 2.14. The normalized spacial score (nSPS) is 10.9. The van der Waals surface area contributed by atoms with Gasteiger partial charge in [-0.2, -0.15) is 0 Å². The number of hydrogen-bond acceptors (Lipinski definition) is 5. The quantitative estimate of drug-likeness (QED) is 0.542. The average molecular weight is 361 g/mol. The lowest BCUT2D eigenvalue weighted by atomic mass is 10.1. The molecule has 0 saturated carbocycles. The number of aryl methyl sites for hydroxylation is 1. The van der Waals surface area contributed by atoms with Crippen LogP contribution in [0.15, 0.2) is 54.9 Å². The molecule has 0 aliphatic rings. The summed E-state index contributed by atoms with van der Waals surface area (Å²) < 4.78 is 6.55. The number of ketones is 1. The smallest absolute Gasteiger partial charge is 0.409 e. The van der Waals surface area contributed by atoms with Crippen molar-refractivity contribution in [2.75, 3.05) is 0 Å². The average Bonchev–Trinajstić information content (AvgIpc) is 3.26. The molecule has 8 heteroatoms. The molecule has 3 N–H and O–H groups in total. The molecular weight excluding hydrogens is 346 g/mol. The summed E-state index contributed by atoms with van der Waals surface area (Å²) in [6, 6.07) is 12.1. The summed E-state index contributed by atoms with van der Waals surface area (Å²) in [5.41, 5.74) is 7.81. The monoisotopic (exact) mass is 361 g/mol. The third-order valence-electron chi connectivity index (χ3n) is 4.12. The van der Waals surface area contributed by atoms with Gasteiger partial charge in [0, 0.05) is 36.6 Å². The van der Waals surface area contributed by atoms with Gasteiger partial charge in [-0.3, -0.25) is 4.79 Å². The zero-order valence-corrected chi connectivity index (χ0v) is 14.3. The summed E-state index contributed by atoms with van der Waals surface area (Å²) in [5, 5.41) is 0. The van der Waals surface area contributed by atoms with Crippen molar-refractivity contribution in [3.63, 3.8) is 0 Å². The number of H-pyrrole nitrogens is 1. The van der Waals surface area contributed by atoms with E-state index in [-0.39, 0.29) is 5.78 Å². The summed E-state index contributed by atoms with van der Waals surface area (Å²) >= 11 is 0. The van der Waals surface area contributed by atoms with E-state index in [0.29, 0.717) is 28.5 Å². The fourth-order valence-electron chi connectivity index (χ4n) is 2.80. The highest BCUT2D eigenvalue weighted by Crippen LogP contribution is 2.24. The Bertz CT molecular complexity index is 1160. The van der Waals surface area contributed by atoms with Gasteiger partial charge in [-0.1, -0.05) is 24.3 Å². The molecule has 0 bridgehead atoms. The van der Waals surface area contributed by atoms with Gasteiger partial charge in [0.05, 0.1) is 11.0 Å². The molecule has 0 aliphatic heterocycles. The molecule has 27 heavy (non-hydrogen) atoms.